The summed E-state index contributed by atoms with van der Waals surface area (Å²) in [5.41, 5.74) is 3.91. The molecule has 0 aliphatic rings. The number of hydrogen-bond acceptors (Lipinski definition) is 4. The number of rotatable bonds is 5. The van der Waals surface area contributed by atoms with Crippen molar-refractivity contribution in [1.82, 2.24) is 9.97 Å². The third kappa shape index (κ3) is 4.22. The number of aromatic nitrogens is 2. The zero-order valence-corrected chi connectivity index (χ0v) is 17.5. The number of fused-ring (bicyclic) bond motifs is 1. The predicted octanol–water partition coefficient (Wildman–Crippen LogP) is 6.14. The van der Waals surface area contributed by atoms with E-state index in [9.17, 15) is 4.79 Å². The molecule has 0 aliphatic heterocycles. The number of nitrogens with zero attached hydrogens (tertiary/aromatic N) is 2. The molecule has 150 valence electrons. The highest BCUT2D eigenvalue weighted by Gasteiger charge is 2.17. The van der Waals surface area contributed by atoms with Crippen LogP contribution >= 0.6 is 23.2 Å². The second-order valence-corrected chi connectivity index (χ2v) is 7.40. The third-order valence-electron chi connectivity index (χ3n) is 4.45. The molecule has 3 aromatic carbocycles. The summed E-state index contributed by atoms with van der Waals surface area (Å²) in [4.78, 5) is 21.1. The second kappa shape index (κ2) is 8.69. The van der Waals surface area contributed by atoms with Crippen molar-refractivity contribution in [3.63, 3.8) is 0 Å². The molecule has 0 saturated heterocycles. The highest BCUT2D eigenvalue weighted by atomic mass is 35.5. The van der Waals surface area contributed by atoms with E-state index in [1.807, 2.05) is 48.5 Å². The van der Waals surface area contributed by atoms with Gasteiger partial charge in [-0.25, -0.2) is 9.97 Å². The van der Waals surface area contributed by atoms with Crippen LogP contribution in [0.5, 0.6) is 5.88 Å². The monoisotopic (exact) mass is 437 g/mol. The number of carbonyl (C=O) groups is 1. The standard InChI is InChI=1S/C23H17Cl2N3O2/c1-14(29)26-19-10-3-2-7-15(19)22-23(28-21-12-5-4-11-20(21)27-22)30-13-16-17(24)8-6-9-18(16)25/h2-12H,13H2,1H3,(H,26,29). The van der Waals surface area contributed by atoms with Crippen molar-refractivity contribution in [3.8, 4) is 17.1 Å². The molecule has 1 amide bonds. The molecule has 1 aromatic heterocycles. The summed E-state index contributed by atoms with van der Waals surface area (Å²) in [6.07, 6.45) is 0. The molecule has 0 fully saturated rings. The lowest BCUT2D eigenvalue weighted by atomic mass is 10.1. The van der Waals surface area contributed by atoms with Crippen molar-refractivity contribution >= 4 is 45.8 Å². The number of ether oxygens (including phenoxy) is 1. The summed E-state index contributed by atoms with van der Waals surface area (Å²) in [6, 6.07) is 20.2. The molecule has 5 nitrogen and oxygen atoms in total. The van der Waals surface area contributed by atoms with Crippen molar-refractivity contribution in [2.45, 2.75) is 13.5 Å². The smallest absolute Gasteiger partial charge is 0.241 e. The molecule has 0 saturated carbocycles. The van der Waals surface area contributed by atoms with Gasteiger partial charge in [-0.1, -0.05) is 59.6 Å². The highest BCUT2D eigenvalue weighted by Crippen LogP contribution is 2.35. The number of nitrogens with one attached hydrogen (secondary N) is 1. The lowest BCUT2D eigenvalue weighted by Crippen LogP contribution is -2.08. The van der Waals surface area contributed by atoms with E-state index >= 15 is 0 Å². The fraction of sp³-hybridized carbons (Fsp3) is 0.0870. The molecule has 0 atom stereocenters. The SMILES string of the molecule is CC(=O)Nc1ccccc1-c1nc2ccccc2nc1OCc1c(Cl)cccc1Cl. The Kier molecular flexibility index (Phi) is 5.84. The van der Waals surface area contributed by atoms with Crippen LogP contribution in [0.4, 0.5) is 5.69 Å². The highest BCUT2D eigenvalue weighted by molar-refractivity contribution is 6.35. The molecule has 0 unspecified atom stereocenters. The Morgan fingerprint density at radius 2 is 1.53 bits per heavy atom. The van der Waals surface area contributed by atoms with Gasteiger partial charge in [-0.2, -0.15) is 0 Å². The molecule has 4 rings (SSSR count). The third-order valence-corrected chi connectivity index (χ3v) is 5.15. The van der Waals surface area contributed by atoms with Gasteiger partial charge in [0.2, 0.25) is 11.8 Å². The van der Waals surface area contributed by atoms with Gasteiger partial charge in [-0.15, -0.1) is 0 Å². The Balaban J connectivity index is 1.82. The number of carbonyl (C=O) groups excluding carboxylic acids is 1. The number of hydrogen-bond donors (Lipinski definition) is 1. The molecular formula is C23H17Cl2N3O2. The Bertz CT molecular complexity index is 1220. The Morgan fingerprint density at radius 1 is 0.900 bits per heavy atom. The van der Waals surface area contributed by atoms with E-state index in [2.05, 4.69) is 10.3 Å². The van der Waals surface area contributed by atoms with Crippen molar-refractivity contribution in [2.24, 2.45) is 0 Å². The topological polar surface area (TPSA) is 64.1 Å². The van der Waals surface area contributed by atoms with Crippen molar-refractivity contribution < 1.29 is 9.53 Å². The van der Waals surface area contributed by atoms with Gasteiger partial charge in [-0.05, 0) is 30.3 Å². The second-order valence-electron chi connectivity index (χ2n) is 6.58. The normalized spacial score (nSPS) is 10.8. The van der Waals surface area contributed by atoms with Crippen LogP contribution in [0.2, 0.25) is 10.0 Å². The van der Waals surface area contributed by atoms with Crippen LogP contribution < -0.4 is 10.1 Å². The lowest BCUT2D eigenvalue weighted by molar-refractivity contribution is -0.114. The molecule has 1 N–H and O–H groups in total. The van der Waals surface area contributed by atoms with Crippen LogP contribution in [-0.2, 0) is 11.4 Å². The van der Waals surface area contributed by atoms with Crippen LogP contribution in [-0.4, -0.2) is 15.9 Å². The molecule has 4 aromatic rings. The van der Waals surface area contributed by atoms with Gasteiger partial charge in [0.1, 0.15) is 12.3 Å². The summed E-state index contributed by atoms with van der Waals surface area (Å²) < 4.78 is 6.05. The molecule has 7 heteroatoms. The van der Waals surface area contributed by atoms with E-state index in [-0.39, 0.29) is 12.5 Å². The summed E-state index contributed by atoms with van der Waals surface area (Å²) in [7, 11) is 0. The van der Waals surface area contributed by atoms with E-state index in [4.69, 9.17) is 32.9 Å². The lowest BCUT2D eigenvalue weighted by Gasteiger charge is -2.15. The fourth-order valence-electron chi connectivity index (χ4n) is 3.06. The number of para-hydroxylation sites is 3. The van der Waals surface area contributed by atoms with Crippen molar-refractivity contribution in [2.75, 3.05) is 5.32 Å². The summed E-state index contributed by atoms with van der Waals surface area (Å²) in [6.45, 7) is 1.58. The van der Waals surface area contributed by atoms with Gasteiger partial charge in [0.05, 0.1) is 16.7 Å². The number of halogens is 2. The van der Waals surface area contributed by atoms with Crippen molar-refractivity contribution in [1.29, 1.82) is 0 Å². The summed E-state index contributed by atoms with van der Waals surface area (Å²) in [5, 5.41) is 3.86. The largest absolute Gasteiger partial charge is 0.471 e. The maximum atomic E-state index is 11.7. The predicted molar refractivity (Wildman–Crippen MR) is 120 cm³/mol. The fourth-order valence-corrected chi connectivity index (χ4v) is 3.57. The molecule has 30 heavy (non-hydrogen) atoms. The van der Waals surface area contributed by atoms with E-state index in [1.165, 1.54) is 6.92 Å². The van der Waals surface area contributed by atoms with Gasteiger partial charge in [0, 0.05) is 28.1 Å². The molecule has 0 aliphatic carbocycles. The maximum Gasteiger partial charge on any atom is 0.241 e. The first-order chi connectivity index (χ1) is 14.5. The van der Waals surface area contributed by atoms with Crippen molar-refractivity contribution in [3.05, 3.63) is 82.3 Å². The van der Waals surface area contributed by atoms with Gasteiger partial charge < -0.3 is 10.1 Å². The molecule has 1 heterocycles. The van der Waals surface area contributed by atoms with Gasteiger partial charge >= 0.3 is 0 Å². The van der Waals surface area contributed by atoms with Gasteiger partial charge in [0.25, 0.3) is 0 Å². The van der Waals surface area contributed by atoms with Gasteiger partial charge in [0.15, 0.2) is 0 Å². The van der Waals surface area contributed by atoms with E-state index < -0.39 is 0 Å². The first-order valence-electron chi connectivity index (χ1n) is 9.22. The Labute approximate surface area is 183 Å². The Hall–Kier alpha value is -3.15. The minimum Gasteiger partial charge on any atom is -0.471 e. The average molecular weight is 438 g/mol. The van der Waals surface area contributed by atoms with Crippen LogP contribution in [0, 0.1) is 0 Å². The van der Waals surface area contributed by atoms with Crippen LogP contribution in [0.15, 0.2) is 66.7 Å². The van der Waals surface area contributed by atoms with E-state index in [0.717, 1.165) is 0 Å². The van der Waals surface area contributed by atoms with Crippen LogP contribution in [0.3, 0.4) is 0 Å². The van der Waals surface area contributed by atoms with Crippen LogP contribution in [0.1, 0.15) is 12.5 Å². The number of anilines is 1. The molecule has 0 spiro atoms. The van der Waals surface area contributed by atoms with E-state index in [0.29, 0.717) is 49.5 Å². The average Bonchev–Trinajstić information content (AvgIpc) is 2.73. The van der Waals surface area contributed by atoms with E-state index in [1.54, 1.807) is 18.2 Å². The zero-order chi connectivity index (χ0) is 21.1. The van der Waals surface area contributed by atoms with Crippen LogP contribution in [0.25, 0.3) is 22.3 Å². The minimum atomic E-state index is -0.179. The maximum absolute atomic E-state index is 11.7. The summed E-state index contributed by atoms with van der Waals surface area (Å²) in [5.74, 6) is 0.143. The quantitative estimate of drug-likeness (QED) is 0.407. The zero-order valence-electron chi connectivity index (χ0n) is 16.0. The molecule has 0 radical (unpaired) electrons. The number of amides is 1. The number of benzene rings is 3. The molecule has 0 bridgehead atoms. The van der Waals surface area contributed by atoms with Gasteiger partial charge in [-0.3, -0.25) is 4.79 Å². The first-order valence-corrected chi connectivity index (χ1v) is 9.98. The Morgan fingerprint density at radius 3 is 2.23 bits per heavy atom. The first kappa shape index (κ1) is 20.1. The minimum absolute atomic E-state index is 0.126. The molecular weight excluding hydrogens is 421 g/mol. The summed E-state index contributed by atoms with van der Waals surface area (Å²) >= 11 is 12.6.